The van der Waals surface area contributed by atoms with Gasteiger partial charge in [0.25, 0.3) is 0 Å². The molecule has 0 fully saturated rings. The Morgan fingerprint density at radius 3 is 0.976 bits per heavy atom. The third-order valence-electron chi connectivity index (χ3n) is 15.2. The molecule has 9 nitrogen and oxygen atoms in total. The summed E-state index contributed by atoms with van der Waals surface area (Å²) in [6.07, 6.45) is 93.6. The van der Waals surface area contributed by atoms with Crippen molar-refractivity contribution >= 4 is 19.8 Å². The molecule has 0 aliphatic carbocycles. The third-order valence-corrected chi connectivity index (χ3v) is 16.2. The molecule has 0 saturated carbocycles. The van der Waals surface area contributed by atoms with Crippen molar-refractivity contribution in [2.75, 3.05) is 26.4 Å². The van der Waals surface area contributed by atoms with E-state index < -0.39 is 26.5 Å². The van der Waals surface area contributed by atoms with Gasteiger partial charge in [0.2, 0.25) is 0 Å². The summed E-state index contributed by atoms with van der Waals surface area (Å²) in [5.41, 5.74) is 5.40. The molecule has 0 amide bonds. The normalized spacial score (nSPS) is 13.5. The molecule has 0 saturated heterocycles. The molecule has 0 aromatic rings. The van der Waals surface area contributed by atoms with Gasteiger partial charge in [0.05, 0.1) is 13.2 Å². The van der Waals surface area contributed by atoms with Crippen LogP contribution in [0.2, 0.25) is 0 Å². The minimum absolute atomic E-state index is 0.0475. The Labute approximate surface area is 518 Å². The largest absolute Gasteiger partial charge is 0.472 e. The molecule has 0 aromatic carbocycles. The molecule has 0 aliphatic heterocycles. The van der Waals surface area contributed by atoms with E-state index in [2.05, 4.69) is 111 Å². The maximum Gasteiger partial charge on any atom is 0.472 e. The van der Waals surface area contributed by atoms with Crippen molar-refractivity contribution in [2.24, 2.45) is 5.73 Å². The third kappa shape index (κ3) is 68.0. The smallest absolute Gasteiger partial charge is 0.462 e. The van der Waals surface area contributed by atoms with E-state index in [-0.39, 0.29) is 38.6 Å². The monoisotopic (exact) mass is 1190 g/mol. The summed E-state index contributed by atoms with van der Waals surface area (Å²) in [5, 5.41) is 0. The first-order chi connectivity index (χ1) is 41.3. The van der Waals surface area contributed by atoms with Crippen molar-refractivity contribution in [3.8, 4) is 0 Å². The van der Waals surface area contributed by atoms with Crippen LogP contribution in [0.15, 0.2) is 97.2 Å². The quantitative estimate of drug-likeness (QED) is 0.0264. The predicted molar refractivity (Wildman–Crippen MR) is 362 cm³/mol. The predicted octanol–water partition coefficient (Wildman–Crippen LogP) is 23.1. The highest BCUT2D eigenvalue weighted by molar-refractivity contribution is 7.47. The van der Waals surface area contributed by atoms with Gasteiger partial charge in [-0.05, 0) is 77.0 Å². The molecule has 10 heteroatoms. The standard InChI is InChI=1S/C74H132NO8P/c1-3-5-7-9-11-13-15-17-19-21-23-25-27-29-31-33-35-37-38-40-42-44-46-48-50-52-54-56-58-60-62-64-66-73(76)80-70-72(71-82-84(78,79)81-69-68-75)83-74(77)67-65-63-61-59-57-55-53-51-49-47-45-43-41-39-36-34-32-30-28-26-24-22-20-18-16-14-12-10-8-6-4-2/h6,8,12,14,18,20,24,26,30,32,36,39,43,45,49,51,72H,3-5,7,9-11,13,15-17,19,21-23,25,27-29,31,33-35,37-38,40-42,44,46-48,50,52-71,75H2,1-2H3,(H,78,79)/b8-6-,14-12-,20-18-,26-24-,32-30-,39-36-,45-43-,51-49-. The van der Waals surface area contributed by atoms with Gasteiger partial charge in [0, 0.05) is 19.4 Å². The summed E-state index contributed by atoms with van der Waals surface area (Å²) in [5.74, 6) is -0.837. The number of unbranched alkanes of at least 4 members (excludes halogenated alkanes) is 37. The topological polar surface area (TPSA) is 134 Å². The molecule has 0 heterocycles. The number of rotatable bonds is 66. The number of carbonyl (C=O) groups is 2. The Morgan fingerprint density at radius 2 is 0.655 bits per heavy atom. The molecular formula is C74H132NO8P. The Bertz CT molecular complexity index is 1700. The molecule has 486 valence electrons. The lowest BCUT2D eigenvalue weighted by Gasteiger charge is -2.19. The van der Waals surface area contributed by atoms with Crippen LogP contribution in [0, 0.1) is 0 Å². The number of hydrogen-bond donors (Lipinski definition) is 2. The van der Waals surface area contributed by atoms with E-state index in [0.717, 1.165) is 109 Å². The average Bonchev–Trinajstić information content (AvgIpc) is 3.58. The van der Waals surface area contributed by atoms with Crippen molar-refractivity contribution < 1.29 is 37.6 Å². The second kappa shape index (κ2) is 69.0. The van der Waals surface area contributed by atoms with E-state index in [9.17, 15) is 19.0 Å². The fourth-order valence-corrected chi connectivity index (χ4v) is 10.8. The Morgan fingerprint density at radius 1 is 0.369 bits per heavy atom. The van der Waals surface area contributed by atoms with Crippen molar-refractivity contribution in [1.29, 1.82) is 0 Å². The fourth-order valence-electron chi connectivity index (χ4n) is 10.1. The molecule has 2 unspecified atom stereocenters. The lowest BCUT2D eigenvalue weighted by atomic mass is 10.0. The van der Waals surface area contributed by atoms with E-state index in [1.165, 1.54) is 186 Å². The number of esters is 2. The van der Waals surface area contributed by atoms with Crippen LogP contribution in [0.25, 0.3) is 0 Å². The molecule has 3 N–H and O–H groups in total. The second-order valence-electron chi connectivity index (χ2n) is 23.4. The van der Waals surface area contributed by atoms with E-state index in [4.69, 9.17) is 24.3 Å². The van der Waals surface area contributed by atoms with Crippen LogP contribution in [0.4, 0.5) is 0 Å². The zero-order chi connectivity index (χ0) is 60.9. The van der Waals surface area contributed by atoms with Gasteiger partial charge in [-0.25, -0.2) is 4.57 Å². The molecule has 0 aliphatic rings. The zero-order valence-electron chi connectivity index (χ0n) is 54.6. The lowest BCUT2D eigenvalue weighted by Crippen LogP contribution is -2.29. The maximum atomic E-state index is 12.8. The van der Waals surface area contributed by atoms with E-state index in [0.29, 0.717) is 6.42 Å². The number of nitrogens with two attached hydrogens (primary N) is 1. The summed E-state index contributed by atoms with van der Waals surface area (Å²) < 4.78 is 33.2. The highest BCUT2D eigenvalue weighted by Crippen LogP contribution is 2.43. The lowest BCUT2D eigenvalue weighted by molar-refractivity contribution is -0.161. The van der Waals surface area contributed by atoms with Gasteiger partial charge in [-0.1, -0.05) is 336 Å². The Hall–Kier alpha value is -3.07. The Balaban J connectivity index is 3.91. The molecule has 2 atom stereocenters. The molecule has 0 spiro atoms. The van der Waals surface area contributed by atoms with Gasteiger partial charge in [-0.15, -0.1) is 0 Å². The summed E-state index contributed by atoms with van der Waals surface area (Å²) in [4.78, 5) is 35.4. The molecule has 0 radical (unpaired) electrons. The van der Waals surface area contributed by atoms with Gasteiger partial charge < -0.3 is 20.1 Å². The molecular weight excluding hydrogens is 1060 g/mol. The highest BCUT2D eigenvalue weighted by atomic mass is 31.2. The van der Waals surface area contributed by atoms with E-state index >= 15 is 0 Å². The van der Waals surface area contributed by atoms with Gasteiger partial charge in [0.15, 0.2) is 6.10 Å². The number of hydrogen-bond acceptors (Lipinski definition) is 8. The number of carbonyl (C=O) groups excluding carboxylic acids is 2. The fraction of sp³-hybridized carbons (Fsp3) is 0.757. The maximum absolute atomic E-state index is 12.8. The van der Waals surface area contributed by atoms with E-state index in [1.807, 2.05) is 0 Å². The summed E-state index contributed by atoms with van der Waals surface area (Å²) >= 11 is 0. The number of allylic oxidation sites excluding steroid dienone is 16. The molecule has 0 rings (SSSR count). The van der Waals surface area contributed by atoms with Gasteiger partial charge in [-0.3, -0.25) is 18.6 Å². The Kier molecular flexibility index (Phi) is 66.5. The first kappa shape index (κ1) is 80.9. The first-order valence-electron chi connectivity index (χ1n) is 35.2. The van der Waals surface area contributed by atoms with Crippen LogP contribution in [0.1, 0.15) is 328 Å². The molecule has 0 aromatic heterocycles. The van der Waals surface area contributed by atoms with Crippen molar-refractivity contribution in [3.05, 3.63) is 97.2 Å². The van der Waals surface area contributed by atoms with Crippen molar-refractivity contribution in [2.45, 2.75) is 335 Å². The second-order valence-corrected chi connectivity index (χ2v) is 24.8. The molecule has 84 heavy (non-hydrogen) atoms. The first-order valence-corrected chi connectivity index (χ1v) is 36.7. The van der Waals surface area contributed by atoms with Crippen LogP contribution in [-0.4, -0.2) is 49.3 Å². The van der Waals surface area contributed by atoms with Crippen LogP contribution < -0.4 is 5.73 Å². The molecule has 0 bridgehead atoms. The van der Waals surface area contributed by atoms with Crippen LogP contribution in [-0.2, 0) is 32.7 Å². The summed E-state index contributed by atoms with van der Waals surface area (Å²) in [6, 6.07) is 0. The average molecular weight is 1190 g/mol. The van der Waals surface area contributed by atoms with Crippen LogP contribution in [0.5, 0.6) is 0 Å². The zero-order valence-corrected chi connectivity index (χ0v) is 55.5. The van der Waals surface area contributed by atoms with Gasteiger partial charge >= 0.3 is 19.8 Å². The van der Waals surface area contributed by atoms with Crippen molar-refractivity contribution in [1.82, 2.24) is 0 Å². The van der Waals surface area contributed by atoms with Crippen LogP contribution >= 0.6 is 7.82 Å². The highest BCUT2D eigenvalue weighted by Gasteiger charge is 2.26. The number of phosphoric ester groups is 1. The minimum atomic E-state index is -4.40. The minimum Gasteiger partial charge on any atom is -0.462 e. The summed E-state index contributed by atoms with van der Waals surface area (Å²) in [6.45, 7) is 3.65. The number of phosphoric acid groups is 1. The summed E-state index contributed by atoms with van der Waals surface area (Å²) in [7, 11) is -4.40. The number of ether oxygens (including phenoxy) is 2. The van der Waals surface area contributed by atoms with Crippen molar-refractivity contribution in [3.63, 3.8) is 0 Å². The van der Waals surface area contributed by atoms with Gasteiger partial charge in [0.1, 0.15) is 6.61 Å². The van der Waals surface area contributed by atoms with E-state index in [1.54, 1.807) is 0 Å². The van der Waals surface area contributed by atoms with Gasteiger partial charge in [-0.2, -0.15) is 0 Å². The SMILES string of the molecule is CC/C=C\C/C=C\C/C=C\C/C=C\C/C=C\C/C=C\C/C=C\C/C=C\CCCCCCCCC(=O)OC(COC(=O)CCCCCCCCCCCCCCCCCCCCCCCCCCCCCCCCCC)COP(=O)(O)OCCN. The van der Waals surface area contributed by atoms with Crippen LogP contribution in [0.3, 0.4) is 0 Å².